The van der Waals surface area contributed by atoms with Crippen molar-refractivity contribution in [3.8, 4) is 0 Å². The molecule has 6 heteroatoms. The average Bonchev–Trinajstić information content (AvgIpc) is 2.80. The minimum absolute atomic E-state index is 0.0979. The number of hydrogen-bond donors (Lipinski definition) is 3. The van der Waals surface area contributed by atoms with Gasteiger partial charge in [0.2, 0.25) is 11.8 Å². The van der Waals surface area contributed by atoms with Gasteiger partial charge >= 0.3 is 5.97 Å². The van der Waals surface area contributed by atoms with Gasteiger partial charge in [-0.3, -0.25) is 14.4 Å². The Labute approximate surface area is 125 Å². The molecule has 4 atom stereocenters. The second kappa shape index (κ2) is 8.00. The molecular weight excluding hydrogens is 272 g/mol. The normalized spacial score (nSPS) is 26.1. The van der Waals surface area contributed by atoms with Gasteiger partial charge in [-0.05, 0) is 32.1 Å². The summed E-state index contributed by atoms with van der Waals surface area (Å²) >= 11 is 0. The van der Waals surface area contributed by atoms with Crippen molar-refractivity contribution in [2.75, 3.05) is 6.54 Å². The monoisotopic (exact) mass is 298 g/mol. The van der Waals surface area contributed by atoms with Crippen molar-refractivity contribution in [3.63, 3.8) is 0 Å². The zero-order chi connectivity index (χ0) is 16.0. The highest BCUT2D eigenvalue weighted by Gasteiger charge is 2.40. The van der Waals surface area contributed by atoms with E-state index in [1.807, 2.05) is 20.8 Å². The zero-order valence-electron chi connectivity index (χ0n) is 13.0. The van der Waals surface area contributed by atoms with E-state index in [0.29, 0.717) is 12.8 Å². The molecule has 1 fully saturated rings. The second-order valence-corrected chi connectivity index (χ2v) is 6.05. The maximum absolute atomic E-state index is 12.1. The Morgan fingerprint density at radius 1 is 1.24 bits per heavy atom. The van der Waals surface area contributed by atoms with Crippen LogP contribution in [0.3, 0.4) is 0 Å². The van der Waals surface area contributed by atoms with Gasteiger partial charge in [0.05, 0.1) is 11.8 Å². The lowest BCUT2D eigenvalue weighted by Crippen LogP contribution is -2.38. The Morgan fingerprint density at radius 2 is 1.86 bits per heavy atom. The molecule has 6 nitrogen and oxygen atoms in total. The summed E-state index contributed by atoms with van der Waals surface area (Å²) in [5.74, 6) is -2.09. The second-order valence-electron chi connectivity index (χ2n) is 6.05. The molecule has 0 aromatic heterocycles. The highest BCUT2D eigenvalue weighted by Crippen LogP contribution is 2.36. The molecule has 0 heterocycles. The molecular formula is C15H26N2O4. The predicted molar refractivity (Wildman–Crippen MR) is 78.5 cm³/mol. The van der Waals surface area contributed by atoms with Crippen molar-refractivity contribution in [2.24, 2.45) is 17.8 Å². The largest absolute Gasteiger partial charge is 0.481 e. The summed E-state index contributed by atoms with van der Waals surface area (Å²) in [5, 5.41) is 14.7. The van der Waals surface area contributed by atoms with Crippen LogP contribution >= 0.6 is 0 Å². The minimum Gasteiger partial charge on any atom is -0.481 e. The molecule has 1 aliphatic carbocycles. The minimum atomic E-state index is -0.908. The Hall–Kier alpha value is -1.59. The quantitative estimate of drug-likeness (QED) is 0.657. The maximum atomic E-state index is 12.1. The van der Waals surface area contributed by atoms with Crippen LogP contribution in [0.15, 0.2) is 0 Å². The third-order valence-electron chi connectivity index (χ3n) is 4.12. The topological polar surface area (TPSA) is 95.5 Å². The third kappa shape index (κ3) is 5.36. The highest BCUT2D eigenvalue weighted by atomic mass is 16.4. The number of aliphatic carboxylic acids is 1. The van der Waals surface area contributed by atoms with Crippen LogP contribution in [0.2, 0.25) is 0 Å². The van der Waals surface area contributed by atoms with Crippen LogP contribution in [0.4, 0.5) is 0 Å². The highest BCUT2D eigenvalue weighted by molar-refractivity contribution is 5.85. The SMILES string of the molecule is CCC(C)NC(=O)CCNC(=O)C1CC(C)CC1C(=O)O. The van der Waals surface area contributed by atoms with Gasteiger partial charge in [0, 0.05) is 19.0 Å². The van der Waals surface area contributed by atoms with Crippen molar-refractivity contribution in [1.82, 2.24) is 10.6 Å². The lowest BCUT2D eigenvalue weighted by atomic mass is 9.95. The van der Waals surface area contributed by atoms with E-state index >= 15 is 0 Å². The van der Waals surface area contributed by atoms with Crippen LogP contribution < -0.4 is 10.6 Å². The average molecular weight is 298 g/mol. The van der Waals surface area contributed by atoms with E-state index in [9.17, 15) is 14.4 Å². The lowest BCUT2D eigenvalue weighted by Gasteiger charge is -2.16. The van der Waals surface area contributed by atoms with E-state index in [4.69, 9.17) is 5.11 Å². The molecule has 0 aliphatic heterocycles. The molecule has 1 saturated carbocycles. The first-order valence-electron chi connectivity index (χ1n) is 7.65. The Bertz CT molecular complexity index is 397. The van der Waals surface area contributed by atoms with Gasteiger partial charge in [0.15, 0.2) is 0 Å². The van der Waals surface area contributed by atoms with Crippen molar-refractivity contribution in [1.29, 1.82) is 0 Å². The number of nitrogens with one attached hydrogen (secondary N) is 2. The predicted octanol–water partition coefficient (Wildman–Crippen LogP) is 1.15. The number of rotatable bonds is 7. The smallest absolute Gasteiger partial charge is 0.307 e. The fraction of sp³-hybridized carbons (Fsp3) is 0.800. The molecule has 0 aromatic rings. The van der Waals surface area contributed by atoms with Gasteiger partial charge in [-0.2, -0.15) is 0 Å². The summed E-state index contributed by atoms with van der Waals surface area (Å²) in [6, 6.07) is 0.125. The standard InChI is InChI=1S/C15H26N2O4/c1-4-10(3)17-13(18)5-6-16-14(19)11-7-9(2)8-12(11)15(20)21/h9-12H,4-8H2,1-3H3,(H,16,19)(H,17,18)(H,20,21). The van der Waals surface area contributed by atoms with Gasteiger partial charge in [-0.1, -0.05) is 13.8 Å². The Kier molecular flexibility index (Phi) is 6.65. The number of carboxylic acid groups (broad SMARTS) is 1. The fourth-order valence-corrected chi connectivity index (χ4v) is 2.73. The third-order valence-corrected chi connectivity index (χ3v) is 4.12. The van der Waals surface area contributed by atoms with E-state index in [2.05, 4.69) is 10.6 Å². The Balaban J connectivity index is 2.36. The number of carbonyl (C=O) groups excluding carboxylic acids is 2. The molecule has 0 bridgehead atoms. The first-order valence-corrected chi connectivity index (χ1v) is 7.65. The molecule has 3 N–H and O–H groups in total. The molecule has 0 radical (unpaired) electrons. The molecule has 0 spiro atoms. The van der Waals surface area contributed by atoms with E-state index < -0.39 is 17.8 Å². The van der Waals surface area contributed by atoms with Crippen LogP contribution in [0.1, 0.15) is 46.5 Å². The maximum Gasteiger partial charge on any atom is 0.307 e. The molecule has 4 unspecified atom stereocenters. The van der Waals surface area contributed by atoms with Gasteiger partial charge < -0.3 is 15.7 Å². The van der Waals surface area contributed by atoms with Crippen molar-refractivity contribution >= 4 is 17.8 Å². The molecule has 2 amide bonds. The van der Waals surface area contributed by atoms with Crippen molar-refractivity contribution in [2.45, 2.75) is 52.5 Å². The Morgan fingerprint density at radius 3 is 2.43 bits per heavy atom. The molecule has 1 rings (SSSR count). The first kappa shape index (κ1) is 17.5. The fourth-order valence-electron chi connectivity index (χ4n) is 2.73. The molecule has 21 heavy (non-hydrogen) atoms. The van der Waals surface area contributed by atoms with Crippen LogP contribution in [0.25, 0.3) is 0 Å². The summed E-state index contributed by atoms with van der Waals surface area (Å²) in [5.41, 5.74) is 0. The van der Waals surface area contributed by atoms with Crippen molar-refractivity contribution < 1.29 is 19.5 Å². The summed E-state index contributed by atoms with van der Waals surface area (Å²) < 4.78 is 0. The van der Waals surface area contributed by atoms with Crippen LogP contribution in [0.5, 0.6) is 0 Å². The van der Waals surface area contributed by atoms with E-state index in [1.54, 1.807) is 0 Å². The summed E-state index contributed by atoms with van der Waals surface area (Å²) in [4.78, 5) is 34.8. The van der Waals surface area contributed by atoms with Gasteiger partial charge in [0.25, 0.3) is 0 Å². The van der Waals surface area contributed by atoms with Crippen LogP contribution in [-0.2, 0) is 14.4 Å². The number of amides is 2. The number of carbonyl (C=O) groups is 3. The van der Waals surface area contributed by atoms with Gasteiger partial charge in [-0.15, -0.1) is 0 Å². The van der Waals surface area contributed by atoms with Gasteiger partial charge in [0.1, 0.15) is 0 Å². The van der Waals surface area contributed by atoms with Gasteiger partial charge in [-0.25, -0.2) is 0 Å². The van der Waals surface area contributed by atoms with E-state index in [1.165, 1.54) is 0 Å². The van der Waals surface area contributed by atoms with Crippen LogP contribution in [-0.4, -0.2) is 35.5 Å². The molecule has 120 valence electrons. The summed E-state index contributed by atoms with van der Waals surface area (Å²) in [6.07, 6.45) is 2.22. The zero-order valence-corrected chi connectivity index (χ0v) is 13.0. The number of hydrogen-bond acceptors (Lipinski definition) is 3. The molecule has 0 aromatic carbocycles. The first-order chi connectivity index (χ1) is 9.85. The number of carboxylic acids is 1. The lowest BCUT2D eigenvalue weighted by molar-refractivity contribution is -0.146. The molecule has 1 aliphatic rings. The molecule has 0 saturated heterocycles. The van der Waals surface area contributed by atoms with Crippen LogP contribution in [0, 0.1) is 17.8 Å². The van der Waals surface area contributed by atoms with E-state index in [-0.39, 0.29) is 36.7 Å². The summed E-state index contributed by atoms with van der Waals surface area (Å²) in [6.45, 7) is 6.12. The summed E-state index contributed by atoms with van der Waals surface area (Å²) in [7, 11) is 0. The van der Waals surface area contributed by atoms with E-state index in [0.717, 1.165) is 6.42 Å². The van der Waals surface area contributed by atoms with Crippen molar-refractivity contribution in [3.05, 3.63) is 0 Å².